The second-order valence-corrected chi connectivity index (χ2v) is 4.69. The Morgan fingerprint density at radius 1 is 1.40 bits per heavy atom. The molecule has 2 heteroatoms. The van der Waals surface area contributed by atoms with Crippen molar-refractivity contribution in [3.63, 3.8) is 0 Å². The van der Waals surface area contributed by atoms with Crippen LogP contribution in [0.25, 0.3) is 0 Å². The Morgan fingerprint density at radius 3 is 2.80 bits per heavy atom. The molecule has 0 aliphatic carbocycles. The highest BCUT2D eigenvalue weighted by Gasteiger charge is 2.18. The van der Waals surface area contributed by atoms with E-state index in [1.54, 1.807) is 0 Å². The molecule has 1 aromatic rings. The molecule has 3 N–H and O–H groups in total. The Balaban J connectivity index is 2.31. The minimum absolute atomic E-state index is 0.476. The molecule has 0 amide bonds. The zero-order valence-electron chi connectivity index (χ0n) is 9.59. The van der Waals surface area contributed by atoms with Crippen molar-refractivity contribution in [1.29, 1.82) is 0 Å². The van der Waals surface area contributed by atoms with Gasteiger partial charge in [-0.3, -0.25) is 0 Å². The first kappa shape index (κ1) is 10.5. The maximum Gasteiger partial charge on any atom is 0.0362 e. The fourth-order valence-corrected chi connectivity index (χ4v) is 2.20. The van der Waals surface area contributed by atoms with Crippen LogP contribution in [0.15, 0.2) is 18.2 Å². The Bertz CT molecular complexity index is 338. The molecular weight excluding hydrogens is 184 g/mol. The van der Waals surface area contributed by atoms with Gasteiger partial charge in [0, 0.05) is 11.7 Å². The summed E-state index contributed by atoms with van der Waals surface area (Å²) in [4.78, 5) is 0. The minimum atomic E-state index is 0.476. The molecule has 2 rings (SSSR count). The van der Waals surface area contributed by atoms with Crippen molar-refractivity contribution < 1.29 is 0 Å². The Labute approximate surface area is 91.9 Å². The number of nitrogens with two attached hydrogens (primary N) is 1. The average molecular weight is 204 g/mol. The fraction of sp³-hybridized carbons (Fsp3) is 0.538. The van der Waals surface area contributed by atoms with Gasteiger partial charge in [-0.2, -0.15) is 0 Å². The van der Waals surface area contributed by atoms with Crippen LogP contribution in [0.4, 0.5) is 5.69 Å². The molecule has 1 saturated heterocycles. The lowest BCUT2D eigenvalue weighted by Crippen LogP contribution is -2.14. The number of benzene rings is 1. The Kier molecular flexibility index (Phi) is 2.96. The molecule has 1 aliphatic heterocycles. The molecule has 2 nitrogen and oxygen atoms in total. The molecule has 1 fully saturated rings. The average Bonchev–Trinajstić information content (AvgIpc) is 2.71. The second kappa shape index (κ2) is 4.23. The predicted octanol–water partition coefficient (Wildman–Crippen LogP) is 2.82. The van der Waals surface area contributed by atoms with Crippen molar-refractivity contribution in [2.24, 2.45) is 0 Å². The standard InChI is InChI=1S/C13H20N2/c1-9(2)10-5-6-12(14)11(8-10)13-4-3-7-15-13/h5-6,8-9,13,15H,3-4,7,14H2,1-2H3/t13-/m0/s1. The van der Waals surface area contributed by atoms with Crippen LogP contribution in [0.5, 0.6) is 0 Å². The molecule has 0 spiro atoms. The van der Waals surface area contributed by atoms with E-state index in [2.05, 4.69) is 31.3 Å². The van der Waals surface area contributed by atoms with Gasteiger partial charge >= 0.3 is 0 Å². The minimum Gasteiger partial charge on any atom is -0.398 e. The Morgan fingerprint density at radius 2 is 2.20 bits per heavy atom. The number of hydrogen-bond acceptors (Lipinski definition) is 2. The largest absolute Gasteiger partial charge is 0.398 e. The normalized spacial score (nSPS) is 21.1. The van der Waals surface area contributed by atoms with Crippen LogP contribution in [-0.2, 0) is 0 Å². The first-order chi connectivity index (χ1) is 7.18. The molecular formula is C13H20N2. The molecule has 15 heavy (non-hydrogen) atoms. The van der Waals surface area contributed by atoms with Crippen LogP contribution in [0.2, 0.25) is 0 Å². The van der Waals surface area contributed by atoms with Crippen molar-refractivity contribution in [2.45, 2.75) is 38.6 Å². The van der Waals surface area contributed by atoms with Crippen LogP contribution in [0.1, 0.15) is 49.8 Å². The monoisotopic (exact) mass is 204 g/mol. The summed E-state index contributed by atoms with van der Waals surface area (Å²) in [6, 6.07) is 6.93. The zero-order valence-corrected chi connectivity index (χ0v) is 9.59. The fourth-order valence-electron chi connectivity index (χ4n) is 2.20. The smallest absolute Gasteiger partial charge is 0.0362 e. The van der Waals surface area contributed by atoms with Crippen molar-refractivity contribution in [3.8, 4) is 0 Å². The van der Waals surface area contributed by atoms with E-state index in [-0.39, 0.29) is 0 Å². The first-order valence-electron chi connectivity index (χ1n) is 5.81. The van der Waals surface area contributed by atoms with E-state index < -0.39 is 0 Å². The topological polar surface area (TPSA) is 38.0 Å². The molecule has 0 aromatic heterocycles. The van der Waals surface area contributed by atoms with Crippen molar-refractivity contribution in [2.75, 3.05) is 12.3 Å². The molecule has 1 aliphatic rings. The first-order valence-corrected chi connectivity index (χ1v) is 5.81. The van der Waals surface area contributed by atoms with Crippen molar-refractivity contribution >= 4 is 5.69 Å². The summed E-state index contributed by atoms with van der Waals surface area (Å²) in [6.07, 6.45) is 2.47. The van der Waals surface area contributed by atoms with Crippen molar-refractivity contribution in [1.82, 2.24) is 5.32 Å². The van der Waals surface area contributed by atoms with Gasteiger partial charge in [0.15, 0.2) is 0 Å². The van der Waals surface area contributed by atoms with Crippen LogP contribution >= 0.6 is 0 Å². The van der Waals surface area contributed by atoms with Crippen LogP contribution in [-0.4, -0.2) is 6.54 Å². The van der Waals surface area contributed by atoms with Gasteiger partial charge in [0.1, 0.15) is 0 Å². The summed E-state index contributed by atoms with van der Waals surface area (Å²) in [7, 11) is 0. The van der Waals surface area contributed by atoms with Gasteiger partial charge in [0.05, 0.1) is 0 Å². The summed E-state index contributed by atoms with van der Waals surface area (Å²) >= 11 is 0. The number of hydrogen-bond donors (Lipinski definition) is 2. The second-order valence-electron chi connectivity index (χ2n) is 4.69. The van der Waals surface area contributed by atoms with E-state index >= 15 is 0 Å². The SMILES string of the molecule is CC(C)c1ccc(N)c([C@@H]2CCCN2)c1. The summed E-state index contributed by atoms with van der Waals surface area (Å²) in [5.41, 5.74) is 9.63. The third-order valence-corrected chi connectivity index (χ3v) is 3.21. The highest BCUT2D eigenvalue weighted by Crippen LogP contribution is 2.30. The summed E-state index contributed by atoms with van der Waals surface area (Å²) < 4.78 is 0. The lowest BCUT2D eigenvalue weighted by molar-refractivity contribution is 0.648. The molecule has 1 aromatic carbocycles. The third-order valence-electron chi connectivity index (χ3n) is 3.21. The maximum absolute atomic E-state index is 6.03. The highest BCUT2D eigenvalue weighted by molar-refractivity contribution is 5.51. The van der Waals surface area contributed by atoms with E-state index in [0.29, 0.717) is 12.0 Å². The van der Waals surface area contributed by atoms with E-state index in [0.717, 1.165) is 12.2 Å². The van der Waals surface area contributed by atoms with Crippen LogP contribution in [0, 0.1) is 0 Å². The lowest BCUT2D eigenvalue weighted by atomic mass is 9.95. The van der Waals surface area contributed by atoms with Gasteiger partial charge in [0.25, 0.3) is 0 Å². The maximum atomic E-state index is 6.03. The third kappa shape index (κ3) is 2.15. The van der Waals surface area contributed by atoms with Gasteiger partial charge in [-0.25, -0.2) is 0 Å². The van der Waals surface area contributed by atoms with Gasteiger partial charge < -0.3 is 11.1 Å². The zero-order chi connectivity index (χ0) is 10.8. The molecule has 82 valence electrons. The van der Waals surface area contributed by atoms with Gasteiger partial charge in [-0.05, 0) is 42.5 Å². The lowest BCUT2D eigenvalue weighted by Gasteiger charge is -2.16. The molecule has 0 bridgehead atoms. The molecule has 0 saturated carbocycles. The number of rotatable bonds is 2. The quantitative estimate of drug-likeness (QED) is 0.727. The molecule has 0 radical (unpaired) electrons. The summed E-state index contributed by atoms with van der Waals surface area (Å²) in [5.74, 6) is 0.575. The van der Waals surface area contributed by atoms with Gasteiger partial charge in [0.2, 0.25) is 0 Å². The van der Waals surface area contributed by atoms with Gasteiger partial charge in [-0.15, -0.1) is 0 Å². The highest BCUT2D eigenvalue weighted by atomic mass is 14.9. The van der Waals surface area contributed by atoms with Crippen LogP contribution in [0.3, 0.4) is 0 Å². The van der Waals surface area contributed by atoms with E-state index in [9.17, 15) is 0 Å². The number of nitrogens with one attached hydrogen (secondary N) is 1. The van der Waals surface area contributed by atoms with Crippen molar-refractivity contribution in [3.05, 3.63) is 29.3 Å². The molecule has 1 heterocycles. The van der Waals surface area contributed by atoms with Gasteiger partial charge in [-0.1, -0.05) is 26.0 Å². The Hall–Kier alpha value is -1.02. The predicted molar refractivity (Wildman–Crippen MR) is 64.9 cm³/mol. The summed E-state index contributed by atoms with van der Waals surface area (Å²) in [5, 5.41) is 3.50. The summed E-state index contributed by atoms with van der Waals surface area (Å²) in [6.45, 7) is 5.56. The van der Waals surface area contributed by atoms with E-state index in [4.69, 9.17) is 5.73 Å². The van der Waals surface area contributed by atoms with E-state index in [1.165, 1.54) is 24.0 Å². The molecule has 1 atom stereocenters. The number of anilines is 1. The molecule has 0 unspecified atom stereocenters. The number of nitrogen functional groups attached to an aromatic ring is 1. The van der Waals surface area contributed by atoms with E-state index in [1.807, 2.05) is 6.07 Å². The van der Waals surface area contributed by atoms with Crippen LogP contribution < -0.4 is 11.1 Å².